The topological polar surface area (TPSA) is 58.4 Å². The minimum absolute atomic E-state index is 0.0550. The lowest BCUT2D eigenvalue weighted by Crippen LogP contribution is -2.50. The van der Waals surface area contributed by atoms with Crippen LogP contribution >= 0.6 is 0 Å². The first-order valence-electron chi connectivity index (χ1n) is 9.51. The molecule has 6 nitrogen and oxygen atoms in total. The fraction of sp³-hybridized carbons (Fsp3) is 0.227. The molecule has 0 radical (unpaired) electrons. The molecule has 29 heavy (non-hydrogen) atoms. The van der Waals surface area contributed by atoms with Gasteiger partial charge in [-0.15, -0.1) is 0 Å². The van der Waals surface area contributed by atoms with Gasteiger partial charge in [-0.05, 0) is 12.1 Å². The van der Waals surface area contributed by atoms with E-state index in [0.717, 1.165) is 5.56 Å². The lowest BCUT2D eigenvalue weighted by atomic mass is 10.1. The number of para-hydroxylation sites is 1. The highest BCUT2D eigenvalue weighted by Gasteiger charge is 2.23. The van der Waals surface area contributed by atoms with Gasteiger partial charge in [-0.3, -0.25) is 14.2 Å². The molecular weight excluding hydrogens is 371 g/mol. The van der Waals surface area contributed by atoms with Crippen LogP contribution < -0.4 is 10.5 Å². The standard InChI is InChI=1S/C22H21FN4O2/c23-18-8-4-5-9-20(18)25-10-12-26(13-11-25)22(29)15-27-16-24-19(14-21(27)28)17-6-2-1-3-7-17/h1-9,14,16H,10-13,15H2. The molecule has 2 heterocycles. The Balaban J connectivity index is 1.39. The summed E-state index contributed by atoms with van der Waals surface area (Å²) in [6.07, 6.45) is 1.41. The smallest absolute Gasteiger partial charge is 0.254 e. The number of aromatic nitrogens is 2. The van der Waals surface area contributed by atoms with Crippen LogP contribution in [0.2, 0.25) is 0 Å². The van der Waals surface area contributed by atoms with E-state index in [4.69, 9.17) is 0 Å². The molecule has 1 aliphatic rings. The van der Waals surface area contributed by atoms with Gasteiger partial charge in [-0.25, -0.2) is 9.37 Å². The van der Waals surface area contributed by atoms with Crippen molar-refractivity contribution in [2.45, 2.75) is 6.54 Å². The summed E-state index contributed by atoms with van der Waals surface area (Å²) in [6, 6.07) is 17.5. The van der Waals surface area contributed by atoms with Gasteiger partial charge in [0.25, 0.3) is 5.56 Å². The Morgan fingerprint density at radius 3 is 2.34 bits per heavy atom. The Morgan fingerprint density at radius 2 is 1.66 bits per heavy atom. The number of hydrogen-bond donors (Lipinski definition) is 0. The molecule has 0 N–H and O–H groups in total. The number of benzene rings is 2. The van der Waals surface area contributed by atoms with E-state index in [-0.39, 0.29) is 23.8 Å². The van der Waals surface area contributed by atoms with Gasteiger partial charge in [-0.1, -0.05) is 42.5 Å². The molecule has 4 rings (SSSR count). The van der Waals surface area contributed by atoms with Crippen LogP contribution in [0, 0.1) is 5.82 Å². The largest absolute Gasteiger partial charge is 0.366 e. The van der Waals surface area contributed by atoms with E-state index in [0.29, 0.717) is 37.6 Å². The van der Waals surface area contributed by atoms with Crippen molar-refractivity contribution < 1.29 is 9.18 Å². The van der Waals surface area contributed by atoms with E-state index in [9.17, 15) is 14.0 Å². The molecule has 3 aromatic rings. The second-order valence-electron chi connectivity index (χ2n) is 6.93. The average molecular weight is 392 g/mol. The molecule has 1 aliphatic heterocycles. The van der Waals surface area contributed by atoms with Crippen molar-refractivity contribution in [1.29, 1.82) is 0 Å². The molecule has 7 heteroatoms. The highest BCUT2D eigenvalue weighted by atomic mass is 19.1. The Labute approximate surface area is 167 Å². The molecule has 148 valence electrons. The van der Waals surface area contributed by atoms with Gasteiger partial charge in [0.15, 0.2) is 0 Å². The Bertz CT molecular complexity index is 1060. The quantitative estimate of drug-likeness (QED) is 0.684. The third kappa shape index (κ3) is 4.18. The van der Waals surface area contributed by atoms with Crippen molar-refractivity contribution >= 4 is 11.6 Å². The zero-order valence-electron chi connectivity index (χ0n) is 15.9. The summed E-state index contributed by atoms with van der Waals surface area (Å²) in [7, 11) is 0. The first-order chi connectivity index (χ1) is 14.1. The Kier molecular flexibility index (Phi) is 5.37. The zero-order valence-corrected chi connectivity index (χ0v) is 15.9. The van der Waals surface area contributed by atoms with Gasteiger partial charge in [0.2, 0.25) is 5.91 Å². The summed E-state index contributed by atoms with van der Waals surface area (Å²) in [5.41, 5.74) is 1.72. The van der Waals surface area contributed by atoms with Crippen LogP contribution in [-0.2, 0) is 11.3 Å². The number of carbonyl (C=O) groups excluding carboxylic acids is 1. The maximum Gasteiger partial charge on any atom is 0.254 e. The number of carbonyl (C=O) groups is 1. The summed E-state index contributed by atoms with van der Waals surface area (Å²) in [5, 5.41) is 0. The van der Waals surface area contributed by atoms with Gasteiger partial charge in [-0.2, -0.15) is 0 Å². The fourth-order valence-corrected chi connectivity index (χ4v) is 3.46. The summed E-state index contributed by atoms with van der Waals surface area (Å²) in [5.74, 6) is -0.405. The summed E-state index contributed by atoms with van der Waals surface area (Å²) >= 11 is 0. The molecule has 0 unspecified atom stereocenters. The van der Waals surface area contributed by atoms with Crippen LogP contribution in [0.5, 0.6) is 0 Å². The fourth-order valence-electron chi connectivity index (χ4n) is 3.46. The van der Waals surface area contributed by atoms with Crippen LogP contribution in [-0.4, -0.2) is 46.5 Å². The second kappa shape index (κ2) is 8.26. The van der Waals surface area contributed by atoms with Gasteiger partial charge < -0.3 is 9.80 Å². The van der Waals surface area contributed by atoms with Crippen LogP contribution in [0.1, 0.15) is 0 Å². The highest BCUT2D eigenvalue weighted by molar-refractivity contribution is 5.76. The van der Waals surface area contributed by atoms with E-state index in [1.54, 1.807) is 23.1 Å². The molecule has 0 bridgehead atoms. The van der Waals surface area contributed by atoms with E-state index in [1.807, 2.05) is 35.2 Å². The zero-order chi connectivity index (χ0) is 20.2. The minimum Gasteiger partial charge on any atom is -0.366 e. The molecular formula is C22H21FN4O2. The number of piperazine rings is 1. The number of amides is 1. The Morgan fingerprint density at radius 1 is 0.966 bits per heavy atom. The normalized spacial score (nSPS) is 14.1. The summed E-state index contributed by atoms with van der Waals surface area (Å²) in [4.78, 5) is 33.0. The van der Waals surface area contributed by atoms with Crippen molar-refractivity contribution in [2.75, 3.05) is 31.1 Å². The highest BCUT2D eigenvalue weighted by Crippen LogP contribution is 2.20. The van der Waals surface area contributed by atoms with Gasteiger partial charge in [0.1, 0.15) is 12.4 Å². The van der Waals surface area contributed by atoms with Crippen LogP contribution in [0.4, 0.5) is 10.1 Å². The maximum absolute atomic E-state index is 13.9. The van der Waals surface area contributed by atoms with Crippen LogP contribution in [0.3, 0.4) is 0 Å². The van der Waals surface area contributed by atoms with Crippen molar-refractivity contribution in [3.8, 4) is 11.3 Å². The Hall–Kier alpha value is -3.48. The molecule has 0 aliphatic carbocycles. The van der Waals surface area contributed by atoms with Gasteiger partial charge >= 0.3 is 0 Å². The first-order valence-corrected chi connectivity index (χ1v) is 9.51. The van der Waals surface area contributed by atoms with Crippen LogP contribution in [0.15, 0.2) is 71.8 Å². The molecule has 0 saturated carbocycles. The predicted octanol–water partition coefficient (Wildman–Crippen LogP) is 2.40. The average Bonchev–Trinajstić information content (AvgIpc) is 2.76. The summed E-state index contributed by atoms with van der Waals surface area (Å²) in [6.45, 7) is 2.01. The maximum atomic E-state index is 13.9. The van der Waals surface area contributed by atoms with Crippen LogP contribution in [0.25, 0.3) is 11.3 Å². The predicted molar refractivity (Wildman–Crippen MR) is 109 cm³/mol. The van der Waals surface area contributed by atoms with Gasteiger partial charge in [0.05, 0.1) is 17.7 Å². The SMILES string of the molecule is O=C(Cn1cnc(-c2ccccc2)cc1=O)N1CCN(c2ccccc2F)CC1. The molecule has 0 atom stereocenters. The number of hydrogen-bond acceptors (Lipinski definition) is 4. The monoisotopic (exact) mass is 392 g/mol. The molecule has 1 amide bonds. The first kappa shape index (κ1) is 18.9. The van der Waals surface area contributed by atoms with Crippen molar-refractivity contribution in [1.82, 2.24) is 14.5 Å². The molecule has 2 aromatic carbocycles. The number of anilines is 1. The lowest BCUT2D eigenvalue weighted by molar-refractivity contribution is -0.132. The van der Waals surface area contributed by atoms with Crippen molar-refractivity contribution in [3.63, 3.8) is 0 Å². The van der Waals surface area contributed by atoms with E-state index in [2.05, 4.69) is 4.98 Å². The number of nitrogens with zero attached hydrogens (tertiary/aromatic N) is 4. The van der Waals surface area contributed by atoms with Crippen molar-refractivity contribution in [2.24, 2.45) is 0 Å². The van der Waals surface area contributed by atoms with Crippen molar-refractivity contribution in [3.05, 3.63) is 83.2 Å². The third-order valence-electron chi connectivity index (χ3n) is 5.08. The van der Waals surface area contributed by atoms with E-state index >= 15 is 0 Å². The minimum atomic E-state index is -0.266. The molecule has 1 saturated heterocycles. The molecule has 0 spiro atoms. The third-order valence-corrected chi connectivity index (χ3v) is 5.08. The van der Waals surface area contributed by atoms with Gasteiger partial charge in [0, 0.05) is 37.8 Å². The van der Waals surface area contributed by atoms with E-state index < -0.39 is 0 Å². The molecule has 1 fully saturated rings. The second-order valence-corrected chi connectivity index (χ2v) is 6.93. The molecule has 1 aromatic heterocycles. The van der Waals surface area contributed by atoms with E-state index in [1.165, 1.54) is 23.0 Å². The number of rotatable bonds is 4. The summed E-state index contributed by atoms with van der Waals surface area (Å²) < 4.78 is 15.3. The number of halogens is 1. The lowest BCUT2D eigenvalue weighted by Gasteiger charge is -2.36.